The second-order valence-corrected chi connectivity index (χ2v) is 5.10. The summed E-state index contributed by atoms with van der Waals surface area (Å²) in [7, 11) is 1.70. The normalized spacial score (nSPS) is 10.8. The van der Waals surface area contributed by atoms with Crippen molar-refractivity contribution in [3.8, 4) is 5.75 Å². The Labute approximate surface area is 127 Å². The average Bonchev–Trinajstić information content (AvgIpc) is 2.56. The zero-order valence-electron chi connectivity index (χ0n) is 13.0. The highest BCUT2D eigenvalue weighted by Gasteiger charge is 2.04. The minimum atomic E-state index is 0.918. The Morgan fingerprint density at radius 3 is 2.38 bits per heavy atom. The van der Waals surface area contributed by atoms with Crippen LogP contribution in [0.5, 0.6) is 5.75 Å². The molecule has 0 radical (unpaired) electrons. The minimum Gasteiger partial charge on any atom is -0.497 e. The van der Waals surface area contributed by atoms with E-state index in [9.17, 15) is 0 Å². The van der Waals surface area contributed by atoms with E-state index in [1.54, 1.807) is 7.11 Å². The van der Waals surface area contributed by atoms with E-state index >= 15 is 0 Å². The zero-order valence-corrected chi connectivity index (χ0v) is 13.0. The van der Waals surface area contributed by atoms with E-state index in [2.05, 4.69) is 41.1 Å². The van der Waals surface area contributed by atoms with Crippen LogP contribution in [0.15, 0.2) is 48.7 Å². The van der Waals surface area contributed by atoms with Gasteiger partial charge in [-0.2, -0.15) is 0 Å². The molecule has 1 heterocycles. The monoisotopic (exact) mass is 284 g/mol. The van der Waals surface area contributed by atoms with Crippen molar-refractivity contribution in [3.05, 3.63) is 59.9 Å². The smallest absolute Gasteiger partial charge is 0.118 e. The first kappa shape index (κ1) is 15.5. The van der Waals surface area contributed by atoms with Crippen LogP contribution < -0.4 is 4.74 Å². The van der Waals surface area contributed by atoms with E-state index in [1.807, 2.05) is 24.4 Å². The van der Waals surface area contributed by atoms with Gasteiger partial charge in [-0.3, -0.25) is 4.98 Å². The van der Waals surface area contributed by atoms with Crippen molar-refractivity contribution in [1.29, 1.82) is 0 Å². The van der Waals surface area contributed by atoms with Crippen LogP contribution in [0.2, 0.25) is 0 Å². The molecule has 1 aromatic heterocycles. The van der Waals surface area contributed by atoms with Gasteiger partial charge in [0.25, 0.3) is 0 Å². The molecule has 0 saturated heterocycles. The molecule has 0 spiro atoms. The maximum Gasteiger partial charge on any atom is 0.118 e. The number of pyridine rings is 1. The van der Waals surface area contributed by atoms with Crippen LogP contribution in [0, 0.1) is 0 Å². The predicted octanol–water partition coefficient (Wildman–Crippen LogP) is 3.20. The lowest BCUT2D eigenvalue weighted by molar-refractivity contribution is 0.294. The van der Waals surface area contributed by atoms with E-state index in [1.165, 1.54) is 11.3 Å². The van der Waals surface area contributed by atoms with Gasteiger partial charge < -0.3 is 9.64 Å². The van der Waals surface area contributed by atoms with Gasteiger partial charge in [-0.15, -0.1) is 0 Å². The molecular formula is C18H24N2O. The van der Waals surface area contributed by atoms with Gasteiger partial charge in [-0.1, -0.05) is 25.1 Å². The summed E-state index contributed by atoms with van der Waals surface area (Å²) in [6.45, 7) is 5.43. The van der Waals surface area contributed by atoms with E-state index < -0.39 is 0 Å². The zero-order chi connectivity index (χ0) is 14.9. The molecule has 0 amide bonds. The second kappa shape index (κ2) is 8.42. The Bertz CT molecular complexity index is 511. The number of aromatic nitrogens is 1. The van der Waals surface area contributed by atoms with Crippen LogP contribution in [0.4, 0.5) is 0 Å². The van der Waals surface area contributed by atoms with Crippen molar-refractivity contribution >= 4 is 0 Å². The molecule has 0 N–H and O–H groups in total. The summed E-state index contributed by atoms with van der Waals surface area (Å²) in [6.07, 6.45) is 3.94. The Morgan fingerprint density at radius 1 is 1.00 bits per heavy atom. The second-order valence-electron chi connectivity index (χ2n) is 5.10. The molecule has 0 atom stereocenters. The van der Waals surface area contributed by atoms with Crippen molar-refractivity contribution in [2.75, 3.05) is 26.7 Å². The maximum absolute atomic E-state index is 5.19. The quantitative estimate of drug-likeness (QED) is 0.744. The van der Waals surface area contributed by atoms with Gasteiger partial charge in [0.1, 0.15) is 5.75 Å². The van der Waals surface area contributed by atoms with Crippen molar-refractivity contribution in [3.63, 3.8) is 0 Å². The number of hydrogen-bond donors (Lipinski definition) is 0. The standard InChI is InChI=1S/C18H24N2O/c1-3-20(15-12-17-6-4-5-13-19-17)14-11-16-7-9-18(21-2)10-8-16/h4-10,13H,3,11-12,14-15H2,1-2H3. The van der Waals surface area contributed by atoms with Gasteiger partial charge in [-0.25, -0.2) is 0 Å². The summed E-state index contributed by atoms with van der Waals surface area (Å²) in [5.74, 6) is 0.918. The molecule has 3 heteroatoms. The Kier molecular flexibility index (Phi) is 6.22. The fourth-order valence-corrected chi connectivity index (χ4v) is 2.33. The van der Waals surface area contributed by atoms with Crippen molar-refractivity contribution in [2.24, 2.45) is 0 Å². The first-order chi connectivity index (χ1) is 10.3. The molecule has 0 fully saturated rings. The van der Waals surface area contributed by atoms with Crippen LogP contribution in [-0.2, 0) is 12.8 Å². The van der Waals surface area contributed by atoms with Gasteiger partial charge in [0.15, 0.2) is 0 Å². The number of nitrogens with zero attached hydrogens (tertiary/aromatic N) is 2. The number of rotatable bonds is 8. The summed E-state index contributed by atoms with van der Waals surface area (Å²) in [5.41, 5.74) is 2.52. The van der Waals surface area contributed by atoms with E-state index in [-0.39, 0.29) is 0 Å². The number of ether oxygens (including phenoxy) is 1. The molecule has 1 aromatic carbocycles. The molecule has 21 heavy (non-hydrogen) atoms. The highest BCUT2D eigenvalue weighted by Crippen LogP contribution is 2.12. The van der Waals surface area contributed by atoms with Crippen LogP contribution in [0.3, 0.4) is 0 Å². The fourth-order valence-electron chi connectivity index (χ4n) is 2.33. The van der Waals surface area contributed by atoms with E-state index in [0.717, 1.165) is 38.2 Å². The van der Waals surface area contributed by atoms with Crippen LogP contribution >= 0.6 is 0 Å². The van der Waals surface area contributed by atoms with Crippen LogP contribution in [-0.4, -0.2) is 36.6 Å². The topological polar surface area (TPSA) is 25.4 Å². The number of benzene rings is 1. The number of likely N-dealkylation sites (N-methyl/N-ethyl adjacent to an activating group) is 1. The first-order valence-electron chi connectivity index (χ1n) is 7.57. The largest absolute Gasteiger partial charge is 0.497 e. The molecule has 112 valence electrons. The van der Waals surface area contributed by atoms with Crippen molar-refractivity contribution < 1.29 is 4.74 Å². The molecule has 2 rings (SSSR count). The summed E-state index contributed by atoms with van der Waals surface area (Å²) >= 11 is 0. The summed E-state index contributed by atoms with van der Waals surface area (Å²) in [4.78, 5) is 6.85. The lowest BCUT2D eigenvalue weighted by Crippen LogP contribution is -2.28. The van der Waals surface area contributed by atoms with Gasteiger partial charge in [-0.05, 0) is 42.8 Å². The third-order valence-electron chi connectivity index (χ3n) is 3.73. The molecule has 3 nitrogen and oxygen atoms in total. The fraction of sp³-hybridized carbons (Fsp3) is 0.389. The highest BCUT2D eigenvalue weighted by molar-refractivity contribution is 5.27. The predicted molar refractivity (Wildman–Crippen MR) is 86.8 cm³/mol. The molecule has 0 unspecified atom stereocenters. The molecule has 0 aliphatic carbocycles. The third-order valence-corrected chi connectivity index (χ3v) is 3.73. The molecule has 0 saturated carbocycles. The highest BCUT2D eigenvalue weighted by atomic mass is 16.5. The first-order valence-corrected chi connectivity index (χ1v) is 7.57. The third kappa shape index (κ3) is 5.20. The molecule has 0 aliphatic rings. The van der Waals surface area contributed by atoms with E-state index in [0.29, 0.717) is 0 Å². The number of methoxy groups -OCH3 is 1. The Morgan fingerprint density at radius 2 is 1.76 bits per heavy atom. The van der Waals surface area contributed by atoms with Gasteiger partial charge in [0.2, 0.25) is 0 Å². The van der Waals surface area contributed by atoms with Gasteiger partial charge >= 0.3 is 0 Å². The lowest BCUT2D eigenvalue weighted by atomic mass is 10.1. The number of hydrogen-bond acceptors (Lipinski definition) is 3. The summed E-state index contributed by atoms with van der Waals surface area (Å²) in [5, 5.41) is 0. The molecule has 2 aromatic rings. The summed E-state index contributed by atoms with van der Waals surface area (Å²) < 4.78 is 5.19. The SMILES string of the molecule is CCN(CCc1ccc(OC)cc1)CCc1ccccn1. The lowest BCUT2D eigenvalue weighted by Gasteiger charge is -2.20. The molecule has 0 aliphatic heterocycles. The average molecular weight is 284 g/mol. The van der Waals surface area contributed by atoms with Gasteiger partial charge in [0.05, 0.1) is 7.11 Å². The Balaban J connectivity index is 1.79. The molecule has 0 bridgehead atoms. The summed E-state index contributed by atoms with van der Waals surface area (Å²) in [6, 6.07) is 14.5. The van der Waals surface area contributed by atoms with Crippen LogP contribution in [0.25, 0.3) is 0 Å². The van der Waals surface area contributed by atoms with Crippen molar-refractivity contribution in [2.45, 2.75) is 19.8 Å². The van der Waals surface area contributed by atoms with E-state index in [4.69, 9.17) is 4.74 Å². The minimum absolute atomic E-state index is 0.918. The Hall–Kier alpha value is -1.87. The van der Waals surface area contributed by atoms with Crippen LogP contribution in [0.1, 0.15) is 18.2 Å². The van der Waals surface area contributed by atoms with Crippen molar-refractivity contribution in [1.82, 2.24) is 9.88 Å². The maximum atomic E-state index is 5.19. The molecular weight excluding hydrogens is 260 g/mol. The van der Waals surface area contributed by atoms with Gasteiger partial charge in [0, 0.05) is 31.4 Å².